The van der Waals surface area contributed by atoms with Crippen LogP contribution in [0.1, 0.15) is 6.42 Å². The molecule has 0 unspecified atom stereocenters. The van der Waals surface area contributed by atoms with Gasteiger partial charge in [-0.2, -0.15) is 0 Å². The van der Waals surface area contributed by atoms with Crippen LogP contribution in [0.5, 0.6) is 0 Å². The molecule has 1 aromatic heterocycles. The SMILES string of the molecule is NCCCNc1cncnc1-c1cccc(Br)c1. The lowest BCUT2D eigenvalue weighted by molar-refractivity contribution is 0.873. The Morgan fingerprint density at radius 1 is 1.33 bits per heavy atom. The number of benzene rings is 1. The van der Waals surface area contributed by atoms with Crippen molar-refractivity contribution in [2.75, 3.05) is 18.4 Å². The van der Waals surface area contributed by atoms with Gasteiger partial charge in [-0.3, -0.25) is 0 Å². The number of anilines is 1. The minimum atomic E-state index is 0.674. The first-order valence-electron chi connectivity index (χ1n) is 5.81. The van der Waals surface area contributed by atoms with Crippen LogP contribution < -0.4 is 11.1 Å². The predicted molar refractivity (Wildman–Crippen MR) is 77.3 cm³/mol. The zero-order valence-corrected chi connectivity index (χ0v) is 11.5. The Labute approximate surface area is 115 Å². The van der Waals surface area contributed by atoms with Crippen molar-refractivity contribution in [3.8, 4) is 11.3 Å². The normalized spacial score (nSPS) is 10.3. The Morgan fingerprint density at radius 2 is 2.22 bits per heavy atom. The van der Waals surface area contributed by atoms with E-state index >= 15 is 0 Å². The number of nitrogens with two attached hydrogens (primary N) is 1. The van der Waals surface area contributed by atoms with E-state index in [1.807, 2.05) is 24.3 Å². The molecule has 2 rings (SSSR count). The highest BCUT2D eigenvalue weighted by Crippen LogP contribution is 2.26. The molecule has 0 aliphatic rings. The summed E-state index contributed by atoms with van der Waals surface area (Å²) in [5.74, 6) is 0. The molecule has 0 saturated carbocycles. The summed E-state index contributed by atoms with van der Waals surface area (Å²) in [4.78, 5) is 8.40. The van der Waals surface area contributed by atoms with Gasteiger partial charge in [0, 0.05) is 16.6 Å². The number of hydrogen-bond acceptors (Lipinski definition) is 4. The van der Waals surface area contributed by atoms with E-state index in [1.165, 1.54) is 0 Å². The highest BCUT2D eigenvalue weighted by molar-refractivity contribution is 9.10. The Kier molecular flexibility index (Phi) is 4.66. The molecule has 18 heavy (non-hydrogen) atoms. The van der Waals surface area contributed by atoms with Crippen molar-refractivity contribution in [3.05, 3.63) is 41.3 Å². The predicted octanol–water partition coefficient (Wildman–Crippen LogP) is 2.67. The smallest absolute Gasteiger partial charge is 0.116 e. The largest absolute Gasteiger partial charge is 0.382 e. The second kappa shape index (κ2) is 6.47. The standard InChI is InChI=1S/C13H15BrN4/c14-11-4-1-3-10(7-11)13-12(8-16-9-18-13)17-6-2-5-15/h1,3-4,7-9,17H,2,5-6,15H2. The average molecular weight is 307 g/mol. The van der Waals surface area contributed by atoms with Crippen LogP contribution in [0.3, 0.4) is 0 Å². The molecule has 5 heteroatoms. The van der Waals surface area contributed by atoms with Crippen LogP contribution in [0.25, 0.3) is 11.3 Å². The minimum Gasteiger partial charge on any atom is -0.382 e. The molecular weight excluding hydrogens is 292 g/mol. The van der Waals surface area contributed by atoms with Crippen molar-refractivity contribution in [2.45, 2.75) is 6.42 Å². The fourth-order valence-corrected chi connectivity index (χ4v) is 2.05. The zero-order chi connectivity index (χ0) is 12.8. The lowest BCUT2D eigenvalue weighted by atomic mass is 10.1. The molecule has 3 N–H and O–H groups in total. The van der Waals surface area contributed by atoms with E-state index in [4.69, 9.17) is 5.73 Å². The summed E-state index contributed by atoms with van der Waals surface area (Å²) in [6.07, 6.45) is 4.27. The van der Waals surface area contributed by atoms with Crippen molar-refractivity contribution >= 4 is 21.6 Å². The number of hydrogen-bond donors (Lipinski definition) is 2. The van der Waals surface area contributed by atoms with Gasteiger partial charge in [-0.1, -0.05) is 28.1 Å². The van der Waals surface area contributed by atoms with Crippen molar-refractivity contribution in [2.24, 2.45) is 5.73 Å². The van der Waals surface area contributed by atoms with Gasteiger partial charge in [-0.15, -0.1) is 0 Å². The third-order valence-corrected chi connectivity index (χ3v) is 3.00. The van der Waals surface area contributed by atoms with Crippen LogP contribution in [0.15, 0.2) is 41.3 Å². The summed E-state index contributed by atoms with van der Waals surface area (Å²) in [6.45, 7) is 1.50. The molecule has 0 saturated heterocycles. The Morgan fingerprint density at radius 3 is 3.00 bits per heavy atom. The number of nitrogens with one attached hydrogen (secondary N) is 1. The molecule has 0 atom stereocenters. The molecule has 0 spiro atoms. The van der Waals surface area contributed by atoms with E-state index < -0.39 is 0 Å². The third kappa shape index (κ3) is 3.27. The van der Waals surface area contributed by atoms with Crippen LogP contribution in [0.2, 0.25) is 0 Å². The second-order valence-corrected chi connectivity index (χ2v) is 4.78. The average Bonchev–Trinajstić information content (AvgIpc) is 2.40. The first-order chi connectivity index (χ1) is 8.81. The number of aromatic nitrogens is 2. The van der Waals surface area contributed by atoms with Crippen LogP contribution >= 0.6 is 15.9 Å². The van der Waals surface area contributed by atoms with Crippen LogP contribution in [0, 0.1) is 0 Å². The zero-order valence-electron chi connectivity index (χ0n) is 9.94. The highest BCUT2D eigenvalue weighted by atomic mass is 79.9. The third-order valence-electron chi connectivity index (χ3n) is 2.51. The molecule has 0 amide bonds. The first kappa shape index (κ1) is 13.0. The summed E-state index contributed by atoms with van der Waals surface area (Å²) in [5.41, 5.74) is 8.38. The second-order valence-electron chi connectivity index (χ2n) is 3.86. The molecule has 1 aromatic carbocycles. The molecule has 0 fully saturated rings. The summed E-state index contributed by atoms with van der Waals surface area (Å²) >= 11 is 3.47. The first-order valence-corrected chi connectivity index (χ1v) is 6.60. The minimum absolute atomic E-state index is 0.674. The lowest BCUT2D eigenvalue weighted by Gasteiger charge is -2.10. The quantitative estimate of drug-likeness (QED) is 0.834. The Balaban J connectivity index is 2.27. The fraction of sp³-hybridized carbons (Fsp3) is 0.231. The summed E-state index contributed by atoms with van der Waals surface area (Å²) in [5, 5.41) is 3.31. The van der Waals surface area contributed by atoms with Crippen LogP contribution in [0.4, 0.5) is 5.69 Å². The molecule has 1 heterocycles. The van der Waals surface area contributed by atoms with E-state index in [1.54, 1.807) is 12.5 Å². The molecule has 0 aliphatic carbocycles. The van der Waals surface area contributed by atoms with E-state index in [9.17, 15) is 0 Å². The molecule has 0 aliphatic heterocycles. The maximum atomic E-state index is 5.48. The summed E-state index contributed by atoms with van der Waals surface area (Å²) < 4.78 is 1.03. The summed E-state index contributed by atoms with van der Waals surface area (Å²) in [7, 11) is 0. The maximum Gasteiger partial charge on any atom is 0.116 e. The van der Waals surface area contributed by atoms with Gasteiger partial charge in [0.1, 0.15) is 6.33 Å². The van der Waals surface area contributed by atoms with Gasteiger partial charge in [0.2, 0.25) is 0 Å². The number of rotatable bonds is 5. The molecule has 94 valence electrons. The number of nitrogens with zero attached hydrogens (tertiary/aromatic N) is 2. The monoisotopic (exact) mass is 306 g/mol. The molecule has 4 nitrogen and oxygen atoms in total. The molecular formula is C13H15BrN4. The fourth-order valence-electron chi connectivity index (χ4n) is 1.65. The van der Waals surface area contributed by atoms with Crippen molar-refractivity contribution < 1.29 is 0 Å². The molecule has 2 aromatic rings. The van der Waals surface area contributed by atoms with Gasteiger partial charge in [0.25, 0.3) is 0 Å². The Bertz CT molecular complexity index is 516. The van der Waals surface area contributed by atoms with Crippen LogP contribution in [-0.4, -0.2) is 23.1 Å². The van der Waals surface area contributed by atoms with Gasteiger partial charge in [-0.25, -0.2) is 9.97 Å². The van der Waals surface area contributed by atoms with Crippen molar-refractivity contribution in [1.29, 1.82) is 0 Å². The van der Waals surface area contributed by atoms with Crippen molar-refractivity contribution in [3.63, 3.8) is 0 Å². The molecule has 0 radical (unpaired) electrons. The van der Waals surface area contributed by atoms with Crippen LogP contribution in [-0.2, 0) is 0 Å². The van der Waals surface area contributed by atoms with Gasteiger partial charge in [0.05, 0.1) is 17.6 Å². The molecule has 0 bridgehead atoms. The van der Waals surface area contributed by atoms with E-state index in [0.29, 0.717) is 6.54 Å². The van der Waals surface area contributed by atoms with E-state index in [0.717, 1.165) is 34.4 Å². The van der Waals surface area contributed by atoms with E-state index in [2.05, 4.69) is 31.2 Å². The summed E-state index contributed by atoms with van der Waals surface area (Å²) in [6, 6.07) is 8.05. The lowest BCUT2D eigenvalue weighted by Crippen LogP contribution is -2.09. The number of halogens is 1. The topological polar surface area (TPSA) is 63.8 Å². The van der Waals surface area contributed by atoms with Gasteiger partial charge < -0.3 is 11.1 Å². The van der Waals surface area contributed by atoms with Gasteiger partial charge >= 0.3 is 0 Å². The van der Waals surface area contributed by atoms with E-state index in [-0.39, 0.29) is 0 Å². The van der Waals surface area contributed by atoms with Crippen molar-refractivity contribution in [1.82, 2.24) is 9.97 Å². The van der Waals surface area contributed by atoms with Gasteiger partial charge in [-0.05, 0) is 25.1 Å². The van der Waals surface area contributed by atoms with Gasteiger partial charge in [0.15, 0.2) is 0 Å². The maximum absolute atomic E-state index is 5.48. The Hall–Kier alpha value is -1.46. The highest BCUT2D eigenvalue weighted by Gasteiger charge is 2.06.